The number of hydrogen-bond donors (Lipinski definition) is 2. The Hall–Kier alpha value is -2.40. The van der Waals surface area contributed by atoms with E-state index < -0.39 is 11.7 Å². The van der Waals surface area contributed by atoms with Crippen LogP contribution < -0.4 is 10.6 Å². The smallest absolute Gasteiger partial charge is 0.260 e. The van der Waals surface area contributed by atoms with Crippen LogP contribution in [0.4, 0.5) is 15.8 Å². The first-order valence-corrected chi connectivity index (χ1v) is 6.48. The molecule has 0 heterocycles. The number of halogens is 2. The lowest BCUT2D eigenvalue weighted by Gasteiger charge is -2.08. The van der Waals surface area contributed by atoms with E-state index in [-0.39, 0.29) is 16.5 Å². The van der Waals surface area contributed by atoms with Gasteiger partial charge >= 0.3 is 0 Å². The van der Waals surface area contributed by atoms with Crippen molar-refractivity contribution in [1.82, 2.24) is 0 Å². The largest absolute Gasteiger partial charge is 0.326 e. The second-order valence-electron chi connectivity index (χ2n) is 4.31. The fourth-order valence-corrected chi connectivity index (χ4v) is 2.00. The predicted octanol–water partition coefficient (Wildman–Crippen LogP) is 3.69. The van der Waals surface area contributed by atoms with Gasteiger partial charge in [0.05, 0.1) is 10.6 Å². The second-order valence-corrected chi connectivity index (χ2v) is 4.72. The van der Waals surface area contributed by atoms with E-state index in [1.165, 1.54) is 25.1 Å². The van der Waals surface area contributed by atoms with Gasteiger partial charge in [0.25, 0.3) is 5.91 Å². The van der Waals surface area contributed by atoms with Crippen molar-refractivity contribution >= 4 is 34.8 Å². The van der Waals surface area contributed by atoms with Gasteiger partial charge in [-0.2, -0.15) is 0 Å². The molecule has 2 rings (SSSR count). The molecule has 0 aliphatic heterocycles. The lowest BCUT2D eigenvalue weighted by atomic mass is 10.2. The molecule has 2 N–H and O–H groups in total. The molecule has 0 aliphatic rings. The van der Waals surface area contributed by atoms with E-state index in [1.807, 2.05) is 0 Å². The molecule has 0 bridgehead atoms. The van der Waals surface area contributed by atoms with Crippen LogP contribution in [-0.4, -0.2) is 11.8 Å². The van der Waals surface area contributed by atoms with Gasteiger partial charge in [-0.15, -0.1) is 0 Å². The molecule has 0 radical (unpaired) electrons. The van der Waals surface area contributed by atoms with Gasteiger partial charge in [-0.25, -0.2) is 4.39 Å². The van der Waals surface area contributed by atoms with Crippen molar-refractivity contribution in [2.75, 3.05) is 10.6 Å². The summed E-state index contributed by atoms with van der Waals surface area (Å²) in [6.07, 6.45) is 0. The third-order valence-corrected chi connectivity index (χ3v) is 2.97. The van der Waals surface area contributed by atoms with Crippen LogP contribution in [0.1, 0.15) is 17.3 Å². The van der Waals surface area contributed by atoms with E-state index in [2.05, 4.69) is 10.6 Å². The predicted molar refractivity (Wildman–Crippen MR) is 80.1 cm³/mol. The van der Waals surface area contributed by atoms with Crippen LogP contribution in [0.15, 0.2) is 42.5 Å². The van der Waals surface area contributed by atoms with E-state index in [4.69, 9.17) is 11.6 Å². The summed E-state index contributed by atoms with van der Waals surface area (Å²) in [6.45, 7) is 1.40. The Morgan fingerprint density at radius 1 is 1.00 bits per heavy atom. The molecule has 0 atom stereocenters. The third kappa shape index (κ3) is 3.79. The molecule has 21 heavy (non-hydrogen) atoms. The number of amides is 2. The minimum atomic E-state index is -0.685. The topological polar surface area (TPSA) is 58.2 Å². The minimum absolute atomic E-state index is 0.0439. The van der Waals surface area contributed by atoms with E-state index in [9.17, 15) is 14.0 Å². The Balaban J connectivity index is 2.14. The number of hydrogen-bond acceptors (Lipinski definition) is 2. The zero-order chi connectivity index (χ0) is 15.4. The van der Waals surface area contributed by atoms with Crippen molar-refractivity contribution in [3.63, 3.8) is 0 Å². The molecular formula is C15H12ClFN2O2. The molecule has 0 unspecified atom stereocenters. The standard InChI is InChI=1S/C15H12ClFN2O2/c1-9(20)18-10-5-7-11(8-6-10)19-15(21)14-12(16)3-2-4-13(14)17/h2-8H,1H3,(H,18,20)(H,19,21). The van der Waals surface area contributed by atoms with Gasteiger partial charge in [0.15, 0.2) is 0 Å². The number of rotatable bonds is 3. The first-order valence-electron chi connectivity index (χ1n) is 6.10. The molecule has 0 fully saturated rings. The van der Waals surface area contributed by atoms with Crippen LogP contribution in [0, 0.1) is 5.82 Å². The Kier molecular flexibility index (Phi) is 4.55. The van der Waals surface area contributed by atoms with Crippen LogP contribution in [0.5, 0.6) is 0 Å². The summed E-state index contributed by atoms with van der Waals surface area (Å²) in [5, 5.41) is 5.19. The fraction of sp³-hybridized carbons (Fsp3) is 0.0667. The van der Waals surface area contributed by atoms with Crippen LogP contribution in [0.2, 0.25) is 5.02 Å². The highest BCUT2D eigenvalue weighted by Gasteiger charge is 2.15. The third-order valence-electron chi connectivity index (χ3n) is 2.65. The summed E-state index contributed by atoms with van der Waals surface area (Å²) in [5.74, 6) is -1.51. The van der Waals surface area contributed by atoms with Gasteiger partial charge in [-0.05, 0) is 36.4 Å². The fourth-order valence-electron chi connectivity index (χ4n) is 1.75. The monoisotopic (exact) mass is 306 g/mol. The summed E-state index contributed by atoms with van der Waals surface area (Å²) in [4.78, 5) is 22.9. The molecule has 0 saturated heterocycles. The maximum atomic E-state index is 13.6. The molecule has 0 aliphatic carbocycles. The van der Waals surface area contributed by atoms with Gasteiger partial charge in [-0.1, -0.05) is 17.7 Å². The summed E-state index contributed by atoms with van der Waals surface area (Å²) in [6, 6.07) is 10.5. The highest BCUT2D eigenvalue weighted by atomic mass is 35.5. The second kappa shape index (κ2) is 6.37. The van der Waals surface area contributed by atoms with Crippen LogP contribution in [0.3, 0.4) is 0 Å². The quantitative estimate of drug-likeness (QED) is 0.908. The summed E-state index contributed by atoms with van der Waals surface area (Å²) in [5.41, 5.74) is 0.864. The summed E-state index contributed by atoms with van der Waals surface area (Å²) in [7, 11) is 0. The maximum Gasteiger partial charge on any atom is 0.260 e. The Morgan fingerprint density at radius 2 is 1.57 bits per heavy atom. The number of anilines is 2. The average Bonchev–Trinajstić information content (AvgIpc) is 2.40. The SMILES string of the molecule is CC(=O)Nc1ccc(NC(=O)c2c(F)cccc2Cl)cc1. The number of carbonyl (C=O) groups is 2. The first-order chi connectivity index (χ1) is 9.97. The van der Waals surface area contributed by atoms with Crippen molar-refractivity contribution < 1.29 is 14.0 Å². The maximum absolute atomic E-state index is 13.6. The Bertz CT molecular complexity index is 666. The lowest BCUT2D eigenvalue weighted by Crippen LogP contribution is -2.14. The Morgan fingerprint density at radius 3 is 2.10 bits per heavy atom. The van der Waals surface area contributed by atoms with Crippen molar-refractivity contribution in [2.24, 2.45) is 0 Å². The molecule has 4 nitrogen and oxygen atoms in total. The molecule has 6 heteroatoms. The molecule has 0 spiro atoms. The molecule has 0 saturated carbocycles. The van der Waals surface area contributed by atoms with Crippen molar-refractivity contribution in [1.29, 1.82) is 0 Å². The number of carbonyl (C=O) groups excluding carboxylic acids is 2. The van der Waals surface area contributed by atoms with Crippen molar-refractivity contribution in [3.05, 3.63) is 58.9 Å². The minimum Gasteiger partial charge on any atom is -0.326 e. The van der Waals surface area contributed by atoms with E-state index >= 15 is 0 Å². The lowest BCUT2D eigenvalue weighted by molar-refractivity contribution is -0.114. The van der Waals surface area contributed by atoms with Crippen LogP contribution in [-0.2, 0) is 4.79 Å². The number of nitrogens with one attached hydrogen (secondary N) is 2. The van der Waals surface area contributed by atoms with Crippen molar-refractivity contribution in [3.8, 4) is 0 Å². The Labute approximate surface area is 125 Å². The zero-order valence-corrected chi connectivity index (χ0v) is 11.9. The summed E-state index contributed by atoms with van der Waals surface area (Å²) < 4.78 is 13.6. The first kappa shape index (κ1) is 15.0. The zero-order valence-electron chi connectivity index (χ0n) is 11.1. The molecular weight excluding hydrogens is 295 g/mol. The van der Waals surface area contributed by atoms with E-state index in [0.717, 1.165) is 0 Å². The van der Waals surface area contributed by atoms with Gasteiger partial charge < -0.3 is 10.6 Å². The van der Waals surface area contributed by atoms with Gasteiger partial charge in [0.1, 0.15) is 5.82 Å². The van der Waals surface area contributed by atoms with Crippen LogP contribution >= 0.6 is 11.6 Å². The van der Waals surface area contributed by atoms with Gasteiger partial charge in [0.2, 0.25) is 5.91 Å². The van der Waals surface area contributed by atoms with E-state index in [0.29, 0.717) is 11.4 Å². The normalized spacial score (nSPS) is 10.0. The number of benzene rings is 2. The molecule has 2 aromatic carbocycles. The van der Waals surface area contributed by atoms with Gasteiger partial charge in [-0.3, -0.25) is 9.59 Å². The molecule has 2 amide bonds. The van der Waals surface area contributed by atoms with Crippen LogP contribution in [0.25, 0.3) is 0 Å². The highest BCUT2D eigenvalue weighted by Crippen LogP contribution is 2.21. The average molecular weight is 307 g/mol. The van der Waals surface area contributed by atoms with Gasteiger partial charge in [0, 0.05) is 18.3 Å². The van der Waals surface area contributed by atoms with Crippen molar-refractivity contribution in [2.45, 2.75) is 6.92 Å². The summed E-state index contributed by atoms with van der Waals surface area (Å²) >= 11 is 5.82. The molecule has 108 valence electrons. The molecule has 2 aromatic rings. The molecule has 0 aromatic heterocycles. The van der Waals surface area contributed by atoms with E-state index in [1.54, 1.807) is 24.3 Å². The highest BCUT2D eigenvalue weighted by molar-refractivity contribution is 6.34.